The number of aromatic nitrogens is 2. The van der Waals surface area contributed by atoms with E-state index in [0.29, 0.717) is 47.0 Å². The molecule has 2 heterocycles. The van der Waals surface area contributed by atoms with E-state index in [9.17, 15) is 4.39 Å². The fourth-order valence-electron chi connectivity index (χ4n) is 4.03. The average Bonchev–Trinajstić information content (AvgIpc) is 3.35. The number of rotatable bonds is 9. The van der Waals surface area contributed by atoms with Crippen LogP contribution in [0.15, 0.2) is 52.7 Å². The molecule has 2 aromatic carbocycles. The number of hydrogen-bond donors (Lipinski definition) is 1. The van der Waals surface area contributed by atoms with Gasteiger partial charge in [0.2, 0.25) is 5.82 Å². The van der Waals surface area contributed by atoms with Crippen molar-refractivity contribution in [1.29, 1.82) is 0 Å². The van der Waals surface area contributed by atoms with Crippen LogP contribution in [-0.2, 0) is 4.74 Å². The normalized spacial score (nSPS) is 15.9. The summed E-state index contributed by atoms with van der Waals surface area (Å²) in [7, 11) is 4.85. The average molecular weight is 499 g/mol. The number of methoxy groups -OCH3 is 3. The summed E-state index contributed by atoms with van der Waals surface area (Å²) >= 11 is 5.72. The van der Waals surface area contributed by atoms with Gasteiger partial charge in [-0.2, -0.15) is 4.98 Å². The first-order chi connectivity index (χ1) is 17.0. The first-order valence-corrected chi connectivity index (χ1v) is 11.5. The summed E-state index contributed by atoms with van der Waals surface area (Å²) in [5.74, 6) is 1.59. The zero-order valence-electron chi connectivity index (χ0n) is 20.0. The fraction of sp³-hybridized carbons (Fsp3) is 0.320. The molecule has 0 fully saturated rings. The molecule has 1 aromatic heterocycles. The number of ether oxygens (including phenoxy) is 3. The molecule has 1 aliphatic heterocycles. The Bertz CT molecular complexity index is 1230. The summed E-state index contributed by atoms with van der Waals surface area (Å²) in [4.78, 5) is 6.65. The molecule has 10 heteroatoms. The molecule has 0 spiro atoms. The molecule has 4 rings (SSSR count). The highest BCUT2D eigenvalue weighted by molar-refractivity contribution is 7.80. The minimum absolute atomic E-state index is 0.332. The molecule has 1 unspecified atom stereocenters. The maximum absolute atomic E-state index is 13.4. The number of hydrogen-bond acceptors (Lipinski definition) is 7. The quantitative estimate of drug-likeness (QED) is 0.336. The summed E-state index contributed by atoms with van der Waals surface area (Å²) in [5.41, 5.74) is 3.21. The van der Waals surface area contributed by atoms with Gasteiger partial charge in [0, 0.05) is 31.5 Å². The summed E-state index contributed by atoms with van der Waals surface area (Å²) in [5, 5.41) is 8.15. The Balaban J connectivity index is 1.79. The van der Waals surface area contributed by atoms with Crippen molar-refractivity contribution < 1.29 is 23.1 Å². The Morgan fingerprint density at radius 2 is 1.83 bits per heavy atom. The van der Waals surface area contributed by atoms with Crippen LogP contribution in [0.4, 0.5) is 4.39 Å². The third-order valence-corrected chi connectivity index (χ3v) is 6.16. The molecule has 1 N–H and O–H groups in total. The Kier molecular flexibility index (Phi) is 7.62. The molecule has 35 heavy (non-hydrogen) atoms. The molecule has 0 amide bonds. The van der Waals surface area contributed by atoms with E-state index in [2.05, 4.69) is 15.5 Å². The summed E-state index contributed by atoms with van der Waals surface area (Å²) in [6.45, 7) is 3.24. The van der Waals surface area contributed by atoms with Crippen LogP contribution in [0.3, 0.4) is 0 Å². The minimum atomic E-state index is -0.373. The van der Waals surface area contributed by atoms with Crippen LogP contribution in [0.25, 0.3) is 17.0 Å². The number of halogens is 1. The Morgan fingerprint density at radius 1 is 1.09 bits per heavy atom. The lowest BCUT2D eigenvalue weighted by molar-refractivity contribution is 0.188. The molecule has 1 aliphatic rings. The van der Waals surface area contributed by atoms with Crippen molar-refractivity contribution in [3.63, 3.8) is 0 Å². The van der Waals surface area contributed by atoms with Crippen LogP contribution in [-0.4, -0.2) is 54.6 Å². The van der Waals surface area contributed by atoms with Crippen LogP contribution < -0.4 is 14.8 Å². The Morgan fingerprint density at radius 3 is 2.51 bits per heavy atom. The lowest BCUT2D eigenvalue weighted by Crippen LogP contribution is -2.46. The van der Waals surface area contributed by atoms with E-state index in [-0.39, 0.29) is 11.9 Å². The van der Waals surface area contributed by atoms with Crippen LogP contribution in [0, 0.1) is 5.82 Å². The number of thiocarbonyl (C=S) groups is 1. The van der Waals surface area contributed by atoms with Crippen LogP contribution in [0.1, 0.15) is 30.8 Å². The Hall–Kier alpha value is -3.50. The minimum Gasteiger partial charge on any atom is -0.493 e. The molecule has 8 nitrogen and oxygen atoms in total. The topological polar surface area (TPSA) is 81.9 Å². The van der Waals surface area contributed by atoms with Gasteiger partial charge in [-0.3, -0.25) is 0 Å². The van der Waals surface area contributed by atoms with Gasteiger partial charge < -0.3 is 29.0 Å². The van der Waals surface area contributed by atoms with Crippen molar-refractivity contribution >= 4 is 22.9 Å². The maximum atomic E-state index is 13.4. The van der Waals surface area contributed by atoms with Gasteiger partial charge in [-0.25, -0.2) is 4.39 Å². The molecule has 184 valence electrons. The van der Waals surface area contributed by atoms with Gasteiger partial charge in [0.05, 0.1) is 25.8 Å². The molecule has 0 bridgehead atoms. The number of benzene rings is 2. The predicted molar refractivity (Wildman–Crippen MR) is 134 cm³/mol. The monoisotopic (exact) mass is 498 g/mol. The standard InChI is InChI=1S/C25H27FN4O4S/c1-15-21(24-28-23(29-34-24)16-6-9-18(26)10-7-16)22(27-25(35)30(15)12-5-13-31-2)17-8-11-19(32-3)20(14-17)33-4/h6-11,14,22H,5,12-13H2,1-4H3,(H,27,35). The second-order valence-electron chi connectivity index (χ2n) is 7.92. The third-order valence-electron chi connectivity index (χ3n) is 5.83. The predicted octanol–water partition coefficient (Wildman–Crippen LogP) is 4.59. The van der Waals surface area contributed by atoms with Crippen molar-refractivity contribution in [3.8, 4) is 22.9 Å². The van der Waals surface area contributed by atoms with Crippen molar-refractivity contribution in [2.24, 2.45) is 0 Å². The van der Waals surface area contributed by atoms with Crippen LogP contribution in [0.5, 0.6) is 11.5 Å². The highest BCUT2D eigenvalue weighted by atomic mass is 32.1. The Labute approximate surface area is 208 Å². The summed E-state index contributed by atoms with van der Waals surface area (Å²) in [6, 6.07) is 11.2. The molecular formula is C25H27FN4O4S. The second kappa shape index (κ2) is 10.8. The largest absolute Gasteiger partial charge is 0.493 e. The van der Waals surface area contributed by atoms with Gasteiger partial charge >= 0.3 is 0 Å². The summed E-state index contributed by atoms with van der Waals surface area (Å²) in [6.07, 6.45) is 0.786. The van der Waals surface area contributed by atoms with Crippen LogP contribution in [0.2, 0.25) is 0 Å². The van der Waals surface area contributed by atoms with Crippen molar-refractivity contribution in [2.75, 3.05) is 34.5 Å². The SMILES string of the molecule is COCCCN1C(=S)NC(c2ccc(OC)c(OC)c2)C(c2nc(-c3ccc(F)cc3)no2)=C1C. The van der Waals surface area contributed by atoms with Gasteiger partial charge in [0.25, 0.3) is 5.89 Å². The van der Waals surface area contributed by atoms with Crippen molar-refractivity contribution in [1.82, 2.24) is 20.4 Å². The molecule has 1 atom stereocenters. The molecule has 3 aromatic rings. The van der Waals surface area contributed by atoms with Gasteiger partial charge in [0.15, 0.2) is 16.6 Å². The first-order valence-electron chi connectivity index (χ1n) is 11.1. The smallest absolute Gasteiger partial charge is 0.258 e. The lowest BCUT2D eigenvalue weighted by Gasteiger charge is -2.37. The van der Waals surface area contributed by atoms with Gasteiger partial charge in [-0.1, -0.05) is 11.2 Å². The maximum Gasteiger partial charge on any atom is 0.258 e. The van der Waals surface area contributed by atoms with Crippen molar-refractivity contribution in [3.05, 3.63) is 65.4 Å². The number of nitrogens with one attached hydrogen (secondary N) is 1. The molecular weight excluding hydrogens is 471 g/mol. The fourth-order valence-corrected chi connectivity index (χ4v) is 4.37. The van der Waals surface area contributed by atoms with E-state index in [1.807, 2.05) is 30.0 Å². The zero-order valence-corrected chi connectivity index (χ0v) is 20.8. The van der Waals surface area contributed by atoms with E-state index in [1.165, 1.54) is 12.1 Å². The second-order valence-corrected chi connectivity index (χ2v) is 8.31. The van der Waals surface area contributed by atoms with E-state index in [0.717, 1.165) is 23.3 Å². The van der Waals surface area contributed by atoms with E-state index in [1.54, 1.807) is 33.5 Å². The highest BCUT2D eigenvalue weighted by Gasteiger charge is 2.34. The van der Waals surface area contributed by atoms with E-state index < -0.39 is 0 Å². The van der Waals surface area contributed by atoms with Gasteiger partial charge in [0.1, 0.15) is 5.82 Å². The number of nitrogens with zero attached hydrogens (tertiary/aromatic N) is 3. The number of allylic oxidation sites excluding steroid dienone is 1. The van der Waals surface area contributed by atoms with E-state index in [4.69, 9.17) is 31.0 Å². The van der Waals surface area contributed by atoms with Gasteiger partial charge in [-0.15, -0.1) is 0 Å². The molecule has 0 aliphatic carbocycles. The van der Waals surface area contributed by atoms with Gasteiger partial charge in [-0.05, 0) is 67.5 Å². The molecule has 0 saturated heterocycles. The zero-order chi connectivity index (χ0) is 24.9. The van der Waals surface area contributed by atoms with E-state index >= 15 is 0 Å². The highest BCUT2D eigenvalue weighted by Crippen LogP contribution is 2.40. The molecule has 0 saturated carbocycles. The first kappa shape index (κ1) is 24.6. The van der Waals surface area contributed by atoms with Crippen molar-refractivity contribution in [2.45, 2.75) is 19.4 Å². The lowest BCUT2D eigenvalue weighted by atomic mass is 9.94. The third kappa shape index (κ3) is 5.13. The van der Waals surface area contributed by atoms with Crippen LogP contribution >= 0.6 is 12.2 Å². The molecule has 0 radical (unpaired) electrons. The summed E-state index contributed by atoms with van der Waals surface area (Å²) < 4.78 is 35.2.